The quantitative estimate of drug-likeness (QED) is 0.698. The van der Waals surface area contributed by atoms with E-state index in [0.29, 0.717) is 12.1 Å². The first-order chi connectivity index (χ1) is 13.4. The maximum atomic E-state index is 12.7. The van der Waals surface area contributed by atoms with Gasteiger partial charge < -0.3 is 5.32 Å². The Hall–Kier alpha value is -3.53. The molecule has 0 aliphatic carbocycles. The molecule has 1 heterocycles. The van der Waals surface area contributed by atoms with Crippen molar-refractivity contribution < 1.29 is 18.0 Å². The molecule has 0 saturated heterocycles. The summed E-state index contributed by atoms with van der Waals surface area (Å²) < 4.78 is 39.8. The fourth-order valence-electron chi connectivity index (χ4n) is 2.49. The molecule has 142 valence electrons. The average molecular weight is 383 g/mol. The lowest BCUT2D eigenvalue weighted by Crippen LogP contribution is -2.23. The maximum absolute atomic E-state index is 12.7. The molecule has 7 heteroatoms. The van der Waals surface area contributed by atoms with Crippen molar-refractivity contribution in [2.24, 2.45) is 0 Å². The average Bonchev–Trinajstić information content (AvgIpc) is 3.18. The molecule has 0 atom stereocenters. The van der Waals surface area contributed by atoms with Crippen LogP contribution in [0.1, 0.15) is 27.0 Å². The van der Waals surface area contributed by atoms with Crippen molar-refractivity contribution in [3.8, 4) is 11.8 Å². The number of benzene rings is 2. The summed E-state index contributed by atoms with van der Waals surface area (Å²) in [5.41, 5.74) is 0.972. The van der Waals surface area contributed by atoms with Crippen LogP contribution in [-0.4, -0.2) is 22.2 Å². The smallest absolute Gasteiger partial charge is 0.341 e. The van der Waals surface area contributed by atoms with Crippen LogP contribution in [0.4, 0.5) is 13.2 Å². The van der Waals surface area contributed by atoms with Gasteiger partial charge in [-0.3, -0.25) is 9.48 Å². The van der Waals surface area contributed by atoms with E-state index in [-0.39, 0.29) is 18.0 Å². The van der Waals surface area contributed by atoms with Gasteiger partial charge in [0.05, 0.1) is 18.7 Å². The van der Waals surface area contributed by atoms with E-state index < -0.39 is 11.7 Å². The molecule has 0 radical (unpaired) electrons. The number of amides is 1. The molecule has 0 aliphatic heterocycles. The zero-order valence-corrected chi connectivity index (χ0v) is 14.7. The third kappa shape index (κ3) is 5.24. The minimum atomic E-state index is -4.41. The lowest BCUT2D eigenvalue weighted by molar-refractivity contribution is -0.137. The number of halogens is 3. The highest BCUT2D eigenvalue weighted by molar-refractivity contribution is 5.94. The molecular weight excluding hydrogens is 367 g/mol. The third-order valence-corrected chi connectivity index (χ3v) is 3.88. The molecule has 0 aliphatic rings. The van der Waals surface area contributed by atoms with Crippen molar-refractivity contribution in [3.63, 3.8) is 0 Å². The second kappa shape index (κ2) is 8.44. The van der Waals surface area contributed by atoms with Crippen LogP contribution in [0.2, 0.25) is 0 Å². The minimum absolute atomic E-state index is 0.0319. The van der Waals surface area contributed by atoms with Gasteiger partial charge in [0.15, 0.2) is 0 Å². The number of carbonyl (C=O) groups excluding carboxylic acids is 1. The summed E-state index contributed by atoms with van der Waals surface area (Å²) in [5, 5.41) is 6.75. The molecule has 1 aromatic heterocycles. The Morgan fingerprint density at radius 1 is 1.11 bits per heavy atom. The molecule has 0 fully saturated rings. The second-order valence-corrected chi connectivity index (χ2v) is 5.96. The highest BCUT2D eigenvalue weighted by atomic mass is 19.4. The van der Waals surface area contributed by atoms with Gasteiger partial charge in [-0.15, -0.1) is 0 Å². The van der Waals surface area contributed by atoms with Gasteiger partial charge in [0, 0.05) is 23.5 Å². The largest absolute Gasteiger partial charge is 0.416 e. The Morgan fingerprint density at radius 2 is 1.89 bits per heavy atom. The molecule has 3 rings (SSSR count). The Kier molecular flexibility index (Phi) is 5.80. The van der Waals surface area contributed by atoms with E-state index in [1.807, 2.05) is 24.4 Å². The lowest BCUT2D eigenvalue weighted by atomic mass is 10.1. The van der Waals surface area contributed by atoms with Crippen LogP contribution in [0.15, 0.2) is 67.0 Å². The molecular formula is C21H16F3N3O. The van der Waals surface area contributed by atoms with Crippen molar-refractivity contribution in [2.75, 3.05) is 6.54 Å². The van der Waals surface area contributed by atoms with Gasteiger partial charge in [-0.05, 0) is 42.0 Å². The highest BCUT2D eigenvalue weighted by Gasteiger charge is 2.30. The lowest BCUT2D eigenvalue weighted by Gasteiger charge is -2.06. The first-order valence-electron chi connectivity index (χ1n) is 8.42. The zero-order valence-electron chi connectivity index (χ0n) is 14.7. The van der Waals surface area contributed by atoms with E-state index in [9.17, 15) is 18.0 Å². The molecule has 0 saturated carbocycles. The number of nitrogens with zero attached hydrogens (tertiary/aromatic N) is 2. The monoisotopic (exact) mass is 383 g/mol. The summed E-state index contributed by atoms with van der Waals surface area (Å²) in [7, 11) is 0. The molecule has 1 N–H and O–H groups in total. The molecule has 2 aromatic carbocycles. The second-order valence-electron chi connectivity index (χ2n) is 5.96. The van der Waals surface area contributed by atoms with E-state index in [4.69, 9.17) is 0 Å². The number of nitrogens with one attached hydrogen (secondary N) is 1. The van der Waals surface area contributed by atoms with Gasteiger partial charge in [0.25, 0.3) is 5.91 Å². The van der Waals surface area contributed by atoms with E-state index in [1.165, 1.54) is 12.1 Å². The predicted molar refractivity (Wildman–Crippen MR) is 98.4 cm³/mol. The van der Waals surface area contributed by atoms with Gasteiger partial charge in [-0.1, -0.05) is 30.0 Å². The first-order valence-corrected chi connectivity index (χ1v) is 8.42. The van der Waals surface area contributed by atoms with Gasteiger partial charge in [-0.25, -0.2) is 0 Å². The summed E-state index contributed by atoms with van der Waals surface area (Å²) in [6.45, 7) is 0.640. The number of hydrogen-bond acceptors (Lipinski definition) is 2. The summed E-state index contributed by atoms with van der Waals surface area (Å²) in [4.78, 5) is 12.1. The van der Waals surface area contributed by atoms with Crippen molar-refractivity contribution in [1.82, 2.24) is 15.1 Å². The molecule has 4 nitrogen and oxygen atoms in total. The van der Waals surface area contributed by atoms with Crippen LogP contribution < -0.4 is 5.32 Å². The normalized spacial score (nSPS) is 10.8. The standard InChI is InChI=1S/C21H16F3N3O/c22-21(23,24)19-6-1-4-16(14-19)5-2-11-25-20(28)18-9-7-17(8-10-18)15-27-13-3-12-26-27/h1,3-4,6-10,12-14H,11,15H2,(H,25,28). The van der Waals surface area contributed by atoms with E-state index in [0.717, 1.165) is 17.7 Å². The van der Waals surface area contributed by atoms with Gasteiger partial charge in [0.2, 0.25) is 0 Å². The third-order valence-electron chi connectivity index (χ3n) is 3.88. The fourth-order valence-corrected chi connectivity index (χ4v) is 2.49. The van der Waals surface area contributed by atoms with Crippen molar-refractivity contribution in [1.29, 1.82) is 0 Å². The predicted octanol–water partition coefficient (Wildman–Crippen LogP) is 3.73. The fraction of sp³-hybridized carbons (Fsp3) is 0.143. The van der Waals surface area contributed by atoms with Gasteiger partial charge in [0.1, 0.15) is 0 Å². The van der Waals surface area contributed by atoms with E-state index in [2.05, 4.69) is 22.3 Å². The Labute approximate surface area is 160 Å². The first kappa shape index (κ1) is 19.2. The van der Waals surface area contributed by atoms with E-state index in [1.54, 1.807) is 23.0 Å². The van der Waals surface area contributed by atoms with E-state index >= 15 is 0 Å². The van der Waals surface area contributed by atoms with Crippen molar-refractivity contribution in [3.05, 3.63) is 89.2 Å². The Balaban J connectivity index is 1.54. The molecule has 0 unspecified atom stereocenters. The molecule has 3 aromatic rings. The van der Waals surface area contributed by atoms with Crippen LogP contribution >= 0.6 is 0 Å². The van der Waals surface area contributed by atoms with Gasteiger partial charge >= 0.3 is 6.18 Å². The summed E-state index contributed by atoms with van der Waals surface area (Å²) in [5.74, 6) is 4.98. The van der Waals surface area contributed by atoms with Crippen LogP contribution in [0.25, 0.3) is 0 Å². The minimum Gasteiger partial charge on any atom is -0.341 e. The number of aromatic nitrogens is 2. The van der Waals surface area contributed by atoms with Crippen LogP contribution in [-0.2, 0) is 12.7 Å². The number of alkyl halides is 3. The number of hydrogen-bond donors (Lipinski definition) is 1. The van der Waals surface area contributed by atoms with Crippen LogP contribution in [0.3, 0.4) is 0 Å². The zero-order chi connectivity index (χ0) is 20.0. The van der Waals surface area contributed by atoms with Crippen LogP contribution in [0, 0.1) is 11.8 Å². The SMILES string of the molecule is O=C(NCC#Cc1cccc(C(F)(F)F)c1)c1ccc(Cn2cccn2)cc1. The highest BCUT2D eigenvalue weighted by Crippen LogP contribution is 2.29. The Bertz CT molecular complexity index is 998. The molecule has 0 spiro atoms. The van der Waals surface area contributed by atoms with Gasteiger partial charge in [-0.2, -0.15) is 18.3 Å². The Morgan fingerprint density at radius 3 is 2.57 bits per heavy atom. The van der Waals surface area contributed by atoms with Crippen molar-refractivity contribution in [2.45, 2.75) is 12.7 Å². The van der Waals surface area contributed by atoms with Crippen molar-refractivity contribution >= 4 is 5.91 Å². The number of carbonyl (C=O) groups is 1. The molecule has 1 amide bonds. The molecule has 28 heavy (non-hydrogen) atoms. The topological polar surface area (TPSA) is 46.9 Å². The summed E-state index contributed by atoms with van der Waals surface area (Å²) >= 11 is 0. The maximum Gasteiger partial charge on any atom is 0.416 e. The van der Waals surface area contributed by atoms with Crippen LogP contribution in [0.5, 0.6) is 0 Å². The summed E-state index contributed by atoms with van der Waals surface area (Å²) in [6, 6.07) is 13.7. The molecule has 0 bridgehead atoms. The summed E-state index contributed by atoms with van der Waals surface area (Å²) in [6.07, 6.45) is -0.860. The number of rotatable bonds is 4.